The average molecular weight is 334 g/mol. The maximum atomic E-state index is 12.4. The van der Waals surface area contributed by atoms with E-state index in [1.165, 1.54) is 22.5 Å². The number of amides is 1. The molecule has 1 aliphatic heterocycles. The number of hydrogen-bond acceptors (Lipinski definition) is 3. The van der Waals surface area contributed by atoms with Crippen molar-refractivity contribution in [2.24, 2.45) is 0 Å². The van der Waals surface area contributed by atoms with Crippen LogP contribution >= 0.6 is 11.3 Å². The number of fused-ring (bicyclic) bond motifs is 1. The second-order valence-electron chi connectivity index (χ2n) is 5.89. The van der Waals surface area contributed by atoms with Crippen LogP contribution in [0.4, 0.5) is 11.4 Å². The van der Waals surface area contributed by atoms with Gasteiger partial charge in [0, 0.05) is 13.1 Å². The molecule has 0 spiro atoms. The summed E-state index contributed by atoms with van der Waals surface area (Å²) >= 11 is 1.46. The van der Waals surface area contributed by atoms with Crippen LogP contribution in [0.3, 0.4) is 0 Å². The van der Waals surface area contributed by atoms with Crippen molar-refractivity contribution in [2.45, 2.75) is 13.0 Å². The van der Waals surface area contributed by atoms with Crippen LogP contribution in [0.25, 0.3) is 0 Å². The van der Waals surface area contributed by atoms with E-state index in [1.54, 1.807) is 0 Å². The summed E-state index contributed by atoms with van der Waals surface area (Å²) in [4.78, 5) is 15.5. The molecule has 3 nitrogen and oxygen atoms in total. The highest BCUT2D eigenvalue weighted by atomic mass is 32.1. The molecule has 1 N–H and O–H groups in total. The summed E-state index contributed by atoms with van der Waals surface area (Å²) in [7, 11) is 0. The largest absolute Gasteiger partial charge is 0.365 e. The summed E-state index contributed by atoms with van der Waals surface area (Å²) < 4.78 is 0. The quantitative estimate of drug-likeness (QED) is 0.761. The predicted molar refractivity (Wildman–Crippen MR) is 99.9 cm³/mol. The molecule has 0 unspecified atom stereocenters. The van der Waals surface area contributed by atoms with Gasteiger partial charge in [-0.1, -0.05) is 42.5 Å². The Morgan fingerprint density at radius 3 is 2.58 bits per heavy atom. The fourth-order valence-corrected chi connectivity index (χ4v) is 3.77. The summed E-state index contributed by atoms with van der Waals surface area (Å²) in [6.45, 7) is 1.84. The van der Waals surface area contributed by atoms with Crippen molar-refractivity contribution in [3.63, 3.8) is 0 Å². The highest BCUT2D eigenvalue weighted by Crippen LogP contribution is 2.31. The topological polar surface area (TPSA) is 32.3 Å². The third kappa shape index (κ3) is 2.93. The van der Waals surface area contributed by atoms with E-state index in [2.05, 4.69) is 40.5 Å². The first-order valence-corrected chi connectivity index (χ1v) is 8.95. The molecule has 120 valence electrons. The van der Waals surface area contributed by atoms with E-state index in [4.69, 9.17) is 0 Å². The molecule has 0 atom stereocenters. The number of nitrogens with zero attached hydrogens (tertiary/aromatic N) is 1. The zero-order valence-corrected chi connectivity index (χ0v) is 14.1. The lowest BCUT2D eigenvalue weighted by molar-refractivity contribution is 0.103. The molecule has 24 heavy (non-hydrogen) atoms. The van der Waals surface area contributed by atoms with Gasteiger partial charge in [0.05, 0.1) is 16.3 Å². The van der Waals surface area contributed by atoms with Crippen LogP contribution in [-0.2, 0) is 13.0 Å². The number of hydrogen-bond donors (Lipinski definition) is 1. The zero-order valence-electron chi connectivity index (χ0n) is 13.2. The predicted octanol–water partition coefficient (Wildman–Crippen LogP) is 4.56. The summed E-state index contributed by atoms with van der Waals surface area (Å²) in [5, 5.41) is 4.98. The van der Waals surface area contributed by atoms with E-state index in [9.17, 15) is 4.79 Å². The van der Waals surface area contributed by atoms with Crippen molar-refractivity contribution < 1.29 is 4.79 Å². The Hall–Kier alpha value is -2.59. The fraction of sp³-hybridized carbons (Fsp3) is 0.150. The van der Waals surface area contributed by atoms with Gasteiger partial charge in [0.1, 0.15) is 0 Å². The van der Waals surface area contributed by atoms with Gasteiger partial charge < -0.3 is 10.2 Å². The molecule has 0 saturated carbocycles. The van der Waals surface area contributed by atoms with E-state index in [-0.39, 0.29) is 5.91 Å². The van der Waals surface area contributed by atoms with Gasteiger partial charge in [-0.25, -0.2) is 0 Å². The first-order chi connectivity index (χ1) is 11.8. The lowest BCUT2D eigenvalue weighted by Crippen LogP contribution is -2.31. The van der Waals surface area contributed by atoms with Gasteiger partial charge in [-0.2, -0.15) is 0 Å². The minimum Gasteiger partial charge on any atom is -0.365 e. The molecule has 1 aliphatic rings. The molecule has 4 rings (SSSR count). The standard InChI is InChI=1S/C20H18N2OS/c23-20(19-10-5-13-24-19)21-17-8-3-4-9-18(17)22-12-11-15-6-1-2-7-16(15)14-22/h1-10,13H,11-12,14H2,(H,21,23). The van der Waals surface area contributed by atoms with Crippen LogP contribution in [0.2, 0.25) is 0 Å². The Morgan fingerprint density at radius 1 is 0.958 bits per heavy atom. The maximum Gasteiger partial charge on any atom is 0.265 e. The van der Waals surface area contributed by atoms with Crippen LogP contribution in [0, 0.1) is 0 Å². The molecule has 0 fully saturated rings. The molecular formula is C20H18N2OS. The smallest absolute Gasteiger partial charge is 0.265 e. The SMILES string of the molecule is O=C(Nc1ccccc1N1CCc2ccccc2C1)c1cccs1. The van der Waals surface area contributed by atoms with Crippen LogP contribution < -0.4 is 10.2 Å². The van der Waals surface area contributed by atoms with E-state index in [0.29, 0.717) is 0 Å². The average Bonchev–Trinajstić information content (AvgIpc) is 3.17. The first kappa shape index (κ1) is 15.0. The third-order valence-electron chi connectivity index (χ3n) is 4.37. The molecule has 4 heteroatoms. The monoisotopic (exact) mass is 334 g/mol. The number of rotatable bonds is 3. The van der Waals surface area contributed by atoms with E-state index >= 15 is 0 Å². The minimum atomic E-state index is -0.0464. The molecule has 1 amide bonds. The first-order valence-electron chi connectivity index (χ1n) is 8.07. The number of nitrogens with one attached hydrogen (secondary N) is 1. The number of thiophene rings is 1. The lowest BCUT2D eigenvalue weighted by atomic mass is 9.99. The van der Waals surface area contributed by atoms with Crippen LogP contribution in [-0.4, -0.2) is 12.5 Å². The molecule has 0 saturated heterocycles. The van der Waals surface area contributed by atoms with Gasteiger partial charge in [-0.3, -0.25) is 4.79 Å². The molecule has 2 heterocycles. The van der Waals surface area contributed by atoms with E-state index in [0.717, 1.165) is 35.8 Å². The van der Waals surface area contributed by atoms with Gasteiger partial charge >= 0.3 is 0 Å². The maximum absolute atomic E-state index is 12.4. The molecule has 0 aliphatic carbocycles. The number of benzene rings is 2. The molecule has 2 aromatic carbocycles. The van der Waals surface area contributed by atoms with Gasteiger partial charge in [0.2, 0.25) is 0 Å². The normalized spacial score (nSPS) is 13.4. The van der Waals surface area contributed by atoms with Gasteiger partial charge in [0.25, 0.3) is 5.91 Å². The van der Waals surface area contributed by atoms with Gasteiger partial charge in [0.15, 0.2) is 0 Å². The summed E-state index contributed by atoms with van der Waals surface area (Å²) in [5.41, 5.74) is 4.74. The summed E-state index contributed by atoms with van der Waals surface area (Å²) in [6, 6.07) is 20.4. The van der Waals surface area contributed by atoms with Crippen molar-refractivity contribution in [1.82, 2.24) is 0 Å². The summed E-state index contributed by atoms with van der Waals surface area (Å²) in [5.74, 6) is -0.0464. The van der Waals surface area contributed by atoms with Gasteiger partial charge in [-0.15, -0.1) is 11.3 Å². The molecular weight excluding hydrogens is 316 g/mol. The Kier molecular flexibility index (Phi) is 4.05. The van der Waals surface area contributed by atoms with Crippen molar-refractivity contribution in [1.29, 1.82) is 0 Å². The molecule has 0 radical (unpaired) electrons. The Bertz CT molecular complexity index is 858. The van der Waals surface area contributed by atoms with Crippen molar-refractivity contribution in [3.8, 4) is 0 Å². The Labute approximate surface area is 145 Å². The number of anilines is 2. The van der Waals surface area contributed by atoms with Crippen molar-refractivity contribution in [2.75, 3.05) is 16.8 Å². The highest BCUT2D eigenvalue weighted by molar-refractivity contribution is 7.12. The number of carbonyl (C=O) groups is 1. The molecule has 3 aromatic rings. The summed E-state index contributed by atoms with van der Waals surface area (Å²) in [6.07, 6.45) is 1.03. The highest BCUT2D eigenvalue weighted by Gasteiger charge is 2.19. The Balaban J connectivity index is 1.59. The van der Waals surface area contributed by atoms with Crippen LogP contribution in [0.1, 0.15) is 20.8 Å². The molecule has 1 aromatic heterocycles. The lowest BCUT2D eigenvalue weighted by Gasteiger charge is -2.32. The van der Waals surface area contributed by atoms with E-state index in [1.807, 2.05) is 35.7 Å². The second kappa shape index (κ2) is 6.49. The van der Waals surface area contributed by atoms with E-state index < -0.39 is 0 Å². The molecule has 0 bridgehead atoms. The third-order valence-corrected chi connectivity index (χ3v) is 5.24. The second-order valence-corrected chi connectivity index (χ2v) is 6.84. The van der Waals surface area contributed by atoms with Crippen molar-refractivity contribution >= 4 is 28.6 Å². The van der Waals surface area contributed by atoms with Crippen molar-refractivity contribution in [3.05, 3.63) is 82.0 Å². The van der Waals surface area contributed by atoms with Crippen LogP contribution in [0.15, 0.2) is 66.0 Å². The fourth-order valence-electron chi connectivity index (χ4n) is 3.15. The van der Waals surface area contributed by atoms with Crippen LogP contribution in [0.5, 0.6) is 0 Å². The number of para-hydroxylation sites is 2. The zero-order chi connectivity index (χ0) is 16.4. The number of carbonyl (C=O) groups excluding carboxylic acids is 1. The minimum absolute atomic E-state index is 0.0464. The van der Waals surface area contributed by atoms with Gasteiger partial charge in [-0.05, 0) is 41.1 Å². The Morgan fingerprint density at radius 2 is 1.75 bits per heavy atom.